The Bertz CT molecular complexity index is 1090. The highest BCUT2D eigenvalue weighted by Crippen LogP contribution is 2.41. The molecule has 2 aromatic carbocycles. The lowest BCUT2D eigenvalue weighted by Gasteiger charge is -2.09. The highest BCUT2D eigenvalue weighted by atomic mass is 35.5. The second kappa shape index (κ2) is 8.75. The third-order valence-corrected chi connectivity index (χ3v) is 4.36. The predicted molar refractivity (Wildman–Crippen MR) is 107 cm³/mol. The van der Waals surface area contributed by atoms with Crippen molar-refractivity contribution in [1.29, 1.82) is 0 Å². The van der Waals surface area contributed by atoms with Gasteiger partial charge in [-0.1, -0.05) is 16.8 Å². The van der Waals surface area contributed by atoms with Gasteiger partial charge in [0.05, 0.1) is 24.3 Å². The molecule has 0 aliphatic carbocycles. The highest BCUT2D eigenvalue weighted by molar-refractivity contribution is 6.32. The quantitative estimate of drug-likeness (QED) is 0.500. The molecule has 0 aliphatic rings. The van der Waals surface area contributed by atoms with E-state index in [1.165, 1.54) is 25.3 Å². The van der Waals surface area contributed by atoms with Crippen molar-refractivity contribution >= 4 is 29.2 Å². The van der Waals surface area contributed by atoms with Gasteiger partial charge in [0.25, 0.3) is 5.91 Å². The molecule has 3 rings (SSSR count). The number of benzene rings is 2. The predicted octanol–water partition coefficient (Wildman–Crippen LogP) is 3.84. The van der Waals surface area contributed by atoms with E-state index in [4.69, 9.17) is 25.6 Å². The van der Waals surface area contributed by atoms with Gasteiger partial charge in [-0.2, -0.15) is 0 Å². The Hall–Kier alpha value is -3.72. The fourth-order valence-electron chi connectivity index (χ4n) is 2.59. The molecule has 0 radical (unpaired) electrons. The number of esters is 1. The Balaban J connectivity index is 2.06. The molecular weight excluding hydrogens is 416 g/mol. The van der Waals surface area contributed by atoms with E-state index in [1.807, 2.05) is 0 Å². The number of aromatic hydroxyl groups is 2. The van der Waals surface area contributed by atoms with E-state index in [-0.39, 0.29) is 45.6 Å². The van der Waals surface area contributed by atoms with Gasteiger partial charge in [0.2, 0.25) is 5.69 Å². The number of hydrogen-bond acceptors (Lipinski definition) is 8. The van der Waals surface area contributed by atoms with Crippen LogP contribution in [-0.2, 0) is 4.74 Å². The first-order valence-electron chi connectivity index (χ1n) is 8.69. The van der Waals surface area contributed by atoms with Crippen LogP contribution < -0.4 is 10.1 Å². The van der Waals surface area contributed by atoms with E-state index in [9.17, 15) is 19.8 Å². The van der Waals surface area contributed by atoms with Gasteiger partial charge in [-0.15, -0.1) is 0 Å². The molecule has 0 bridgehead atoms. The second-order valence-corrected chi connectivity index (χ2v) is 6.37. The maximum atomic E-state index is 12.7. The van der Waals surface area contributed by atoms with Crippen molar-refractivity contribution in [2.24, 2.45) is 0 Å². The maximum absolute atomic E-state index is 12.7. The number of anilines is 1. The van der Waals surface area contributed by atoms with Gasteiger partial charge in [0.1, 0.15) is 22.9 Å². The van der Waals surface area contributed by atoms with Crippen LogP contribution in [0.1, 0.15) is 27.8 Å². The van der Waals surface area contributed by atoms with Crippen molar-refractivity contribution in [2.45, 2.75) is 6.92 Å². The van der Waals surface area contributed by atoms with Crippen molar-refractivity contribution in [2.75, 3.05) is 19.0 Å². The van der Waals surface area contributed by atoms with Gasteiger partial charge in [-0.3, -0.25) is 4.79 Å². The zero-order chi connectivity index (χ0) is 21.8. The number of aromatic nitrogens is 1. The number of nitrogens with one attached hydrogen (secondary N) is 1. The van der Waals surface area contributed by atoms with Crippen LogP contribution >= 0.6 is 11.6 Å². The average molecular weight is 433 g/mol. The van der Waals surface area contributed by atoms with Crippen molar-refractivity contribution in [1.82, 2.24) is 5.16 Å². The smallest absolute Gasteiger partial charge is 0.362 e. The number of methoxy groups -OCH3 is 1. The van der Waals surface area contributed by atoms with Crippen molar-refractivity contribution in [3.05, 3.63) is 52.7 Å². The number of phenolic OH excluding ortho intramolecular Hbond substituents is 2. The first-order valence-corrected chi connectivity index (χ1v) is 9.07. The van der Waals surface area contributed by atoms with Crippen LogP contribution in [0.3, 0.4) is 0 Å². The summed E-state index contributed by atoms with van der Waals surface area (Å²) in [4.78, 5) is 25.0. The van der Waals surface area contributed by atoms with Crippen LogP contribution in [0.2, 0.25) is 5.02 Å². The summed E-state index contributed by atoms with van der Waals surface area (Å²) in [7, 11) is 1.50. The van der Waals surface area contributed by atoms with Crippen LogP contribution in [0.4, 0.5) is 5.69 Å². The molecule has 0 unspecified atom stereocenters. The van der Waals surface area contributed by atoms with Gasteiger partial charge < -0.3 is 29.5 Å². The third kappa shape index (κ3) is 4.15. The molecule has 1 aromatic heterocycles. The van der Waals surface area contributed by atoms with Gasteiger partial charge >= 0.3 is 5.97 Å². The molecule has 3 aromatic rings. The minimum absolute atomic E-state index is 0.00544. The Morgan fingerprint density at radius 3 is 2.50 bits per heavy atom. The largest absolute Gasteiger partial charge is 0.507 e. The van der Waals surface area contributed by atoms with E-state index in [2.05, 4.69) is 10.5 Å². The summed E-state index contributed by atoms with van der Waals surface area (Å²) < 4.78 is 15.2. The maximum Gasteiger partial charge on any atom is 0.362 e. The van der Waals surface area contributed by atoms with Crippen LogP contribution in [-0.4, -0.2) is 41.0 Å². The first-order chi connectivity index (χ1) is 14.3. The number of rotatable bonds is 6. The minimum Gasteiger partial charge on any atom is -0.507 e. The number of carbonyl (C=O) groups is 2. The fourth-order valence-corrected chi connectivity index (χ4v) is 2.75. The SMILES string of the molecule is CCOC(=O)c1noc(-c2cc(Cl)c(O)cc2O)c1NC(=O)c1ccc(OC)cc1. The molecule has 9 nitrogen and oxygen atoms in total. The zero-order valence-corrected chi connectivity index (χ0v) is 16.7. The summed E-state index contributed by atoms with van der Waals surface area (Å²) in [5.41, 5.74) is -0.139. The van der Waals surface area contributed by atoms with Crippen LogP contribution in [0, 0.1) is 0 Å². The number of ether oxygens (including phenoxy) is 2. The van der Waals surface area contributed by atoms with E-state index in [0.29, 0.717) is 5.75 Å². The standard InChI is InChI=1S/C20H17ClN2O7/c1-3-29-20(27)17-16(22-19(26)10-4-6-11(28-2)7-5-10)18(30-23-17)12-8-13(21)15(25)9-14(12)24/h4-9,24-25H,3H2,1-2H3,(H,22,26). The molecule has 0 fully saturated rings. The Kier molecular flexibility index (Phi) is 6.12. The number of hydrogen-bond donors (Lipinski definition) is 3. The fraction of sp³-hybridized carbons (Fsp3) is 0.150. The second-order valence-electron chi connectivity index (χ2n) is 5.96. The van der Waals surface area contributed by atoms with Gasteiger partial charge in [-0.05, 0) is 37.3 Å². The summed E-state index contributed by atoms with van der Waals surface area (Å²) in [6, 6.07) is 8.47. The van der Waals surface area contributed by atoms with Crippen molar-refractivity contribution < 1.29 is 33.8 Å². The Labute approximate surface area is 175 Å². The van der Waals surface area contributed by atoms with E-state index in [1.54, 1.807) is 19.1 Å². The molecule has 0 spiro atoms. The molecule has 1 amide bonds. The topological polar surface area (TPSA) is 131 Å². The monoisotopic (exact) mass is 432 g/mol. The number of amides is 1. The van der Waals surface area contributed by atoms with Gasteiger partial charge in [-0.25, -0.2) is 4.79 Å². The molecule has 3 N–H and O–H groups in total. The third-order valence-electron chi connectivity index (χ3n) is 4.06. The van der Waals surface area contributed by atoms with Gasteiger partial charge in [0.15, 0.2) is 5.76 Å². The first kappa shape index (κ1) is 21.0. The average Bonchev–Trinajstić information content (AvgIpc) is 3.14. The number of carbonyl (C=O) groups excluding carboxylic acids is 2. The molecule has 0 aliphatic heterocycles. The highest BCUT2D eigenvalue weighted by Gasteiger charge is 2.28. The molecule has 156 valence electrons. The van der Waals surface area contributed by atoms with Gasteiger partial charge in [0, 0.05) is 11.6 Å². The zero-order valence-electron chi connectivity index (χ0n) is 15.9. The number of nitrogens with zero attached hydrogens (tertiary/aromatic N) is 1. The molecule has 0 saturated heterocycles. The van der Waals surface area contributed by atoms with Crippen molar-refractivity contribution in [3.63, 3.8) is 0 Å². The normalized spacial score (nSPS) is 10.5. The summed E-state index contributed by atoms with van der Waals surface area (Å²) in [6.07, 6.45) is 0. The summed E-state index contributed by atoms with van der Waals surface area (Å²) >= 11 is 5.92. The molecule has 0 atom stereocenters. The van der Waals surface area contributed by atoms with E-state index >= 15 is 0 Å². The summed E-state index contributed by atoms with van der Waals surface area (Å²) in [5.74, 6) is -1.73. The lowest BCUT2D eigenvalue weighted by atomic mass is 10.1. The van der Waals surface area contributed by atoms with Crippen molar-refractivity contribution in [3.8, 4) is 28.6 Å². The van der Waals surface area contributed by atoms with Crippen LogP contribution in [0.5, 0.6) is 17.2 Å². The number of phenols is 2. The Morgan fingerprint density at radius 2 is 1.87 bits per heavy atom. The lowest BCUT2D eigenvalue weighted by molar-refractivity contribution is 0.0516. The molecule has 30 heavy (non-hydrogen) atoms. The van der Waals surface area contributed by atoms with E-state index in [0.717, 1.165) is 6.07 Å². The van der Waals surface area contributed by atoms with Crippen LogP contribution in [0.15, 0.2) is 40.9 Å². The Morgan fingerprint density at radius 1 is 1.17 bits per heavy atom. The molecule has 0 saturated carbocycles. The molecule has 1 heterocycles. The summed E-state index contributed by atoms with van der Waals surface area (Å²) in [5, 5.41) is 26.0. The van der Waals surface area contributed by atoms with Crippen LogP contribution in [0.25, 0.3) is 11.3 Å². The summed E-state index contributed by atoms with van der Waals surface area (Å²) in [6.45, 7) is 1.68. The minimum atomic E-state index is -0.832. The van der Waals surface area contributed by atoms with E-state index < -0.39 is 17.6 Å². The number of halogens is 1. The lowest BCUT2D eigenvalue weighted by Crippen LogP contribution is -2.16. The molecular formula is C20H17ClN2O7. The molecule has 10 heteroatoms.